The minimum atomic E-state index is -1.00. The van der Waals surface area contributed by atoms with Crippen molar-refractivity contribution in [2.45, 2.75) is 83.8 Å². The number of nitrogens with one attached hydrogen (secondary N) is 1. The van der Waals surface area contributed by atoms with Gasteiger partial charge >= 0.3 is 5.97 Å². The number of aryl methyl sites for hydroxylation is 1. The Morgan fingerprint density at radius 3 is 2.56 bits per heavy atom. The standard InChI is InChI=1S/C34H48N2O4S/c1-4-25-18-28(23-40-22-26-11-6-5-7-12-26)36(20-25)21-27-14-15-30(31(19-27)29-13-9-8-10-24(29)2)33(37)35-32(34(38)39)16-17-41-3/h8-10,13-15,19,25-26,28,32H,4-7,11-12,16-18,20-23H2,1-3H3,(H,35,37)(H,38,39)/t25-,28-,32+/m1/s1. The number of ether oxygens (including phenoxy) is 1. The largest absolute Gasteiger partial charge is 0.480 e. The van der Waals surface area contributed by atoms with E-state index in [0.717, 1.165) is 54.5 Å². The van der Waals surface area contributed by atoms with Crippen LogP contribution in [0.25, 0.3) is 11.1 Å². The van der Waals surface area contributed by atoms with Gasteiger partial charge in [0, 0.05) is 31.3 Å². The van der Waals surface area contributed by atoms with Crippen molar-refractivity contribution in [3.05, 3.63) is 59.2 Å². The molecule has 0 radical (unpaired) electrons. The van der Waals surface area contributed by atoms with Crippen LogP contribution in [0.5, 0.6) is 0 Å². The van der Waals surface area contributed by atoms with E-state index >= 15 is 0 Å². The van der Waals surface area contributed by atoms with Crippen molar-refractivity contribution in [1.29, 1.82) is 0 Å². The van der Waals surface area contributed by atoms with Crippen LogP contribution < -0.4 is 5.32 Å². The van der Waals surface area contributed by atoms with Gasteiger partial charge in [0.15, 0.2) is 0 Å². The lowest BCUT2D eigenvalue weighted by molar-refractivity contribution is -0.139. The summed E-state index contributed by atoms with van der Waals surface area (Å²) >= 11 is 1.57. The van der Waals surface area contributed by atoms with Crippen LogP contribution in [0.1, 0.15) is 79.8 Å². The maximum Gasteiger partial charge on any atom is 0.326 e. The number of carboxylic acid groups (broad SMARTS) is 1. The lowest BCUT2D eigenvalue weighted by Gasteiger charge is -2.27. The second-order valence-electron chi connectivity index (χ2n) is 12.0. The Kier molecular flexibility index (Phi) is 12.1. The average molecular weight is 581 g/mol. The molecule has 3 atom stereocenters. The van der Waals surface area contributed by atoms with Crippen LogP contribution in [0, 0.1) is 18.8 Å². The normalized spacial score (nSPS) is 20.7. The number of benzene rings is 2. The van der Waals surface area contributed by atoms with Crippen molar-refractivity contribution in [1.82, 2.24) is 10.2 Å². The predicted octanol–water partition coefficient (Wildman–Crippen LogP) is 6.80. The van der Waals surface area contributed by atoms with Crippen LogP contribution in [0.15, 0.2) is 42.5 Å². The smallest absolute Gasteiger partial charge is 0.326 e. The summed E-state index contributed by atoms with van der Waals surface area (Å²) in [6.45, 7) is 7.86. The topological polar surface area (TPSA) is 78.9 Å². The summed E-state index contributed by atoms with van der Waals surface area (Å²) in [7, 11) is 0. The monoisotopic (exact) mass is 580 g/mol. The SMILES string of the molecule is CC[C@@H]1C[C@H](COCC2CCCCC2)N(Cc2ccc(C(=O)N[C@@H](CCSC)C(=O)O)c(-c3ccccc3C)c2)C1. The molecule has 224 valence electrons. The van der Waals surface area contributed by atoms with E-state index in [9.17, 15) is 14.7 Å². The van der Waals surface area contributed by atoms with Crippen LogP contribution >= 0.6 is 11.8 Å². The number of amides is 1. The van der Waals surface area contributed by atoms with Crippen molar-refractivity contribution in [2.24, 2.45) is 11.8 Å². The second kappa shape index (κ2) is 15.8. The quantitative estimate of drug-likeness (QED) is 0.256. The maximum atomic E-state index is 13.5. The molecule has 0 unspecified atom stereocenters. The molecule has 2 N–H and O–H groups in total. The van der Waals surface area contributed by atoms with Crippen molar-refractivity contribution in [2.75, 3.05) is 31.8 Å². The van der Waals surface area contributed by atoms with E-state index < -0.39 is 12.0 Å². The summed E-state index contributed by atoms with van der Waals surface area (Å²) < 4.78 is 6.32. The molecule has 0 bridgehead atoms. The molecule has 2 aromatic rings. The van der Waals surface area contributed by atoms with Gasteiger partial charge < -0.3 is 15.2 Å². The third-order valence-corrected chi connectivity index (χ3v) is 9.59. The fourth-order valence-electron chi connectivity index (χ4n) is 6.43. The molecule has 0 spiro atoms. The van der Waals surface area contributed by atoms with E-state index in [0.29, 0.717) is 29.7 Å². The van der Waals surface area contributed by atoms with E-state index in [4.69, 9.17) is 4.74 Å². The lowest BCUT2D eigenvalue weighted by atomic mass is 9.90. The zero-order valence-electron chi connectivity index (χ0n) is 25.1. The highest BCUT2D eigenvalue weighted by Gasteiger charge is 2.32. The molecule has 7 heteroatoms. The van der Waals surface area contributed by atoms with Crippen LogP contribution in [0.2, 0.25) is 0 Å². The molecule has 0 aromatic heterocycles. The minimum Gasteiger partial charge on any atom is -0.480 e. The zero-order chi connectivity index (χ0) is 29.2. The number of nitrogens with zero attached hydrogens (tertiary/aromatic N) is 1. The van der Waals surface area contributed by atoms with Gasteiger partial charge in [0.2, 0.25) is 0 Å². The average Bonchev–Trinajstić information content (AvgIpc) is 3.37. The first-order valence-electron chi connectivity index (χ1n) is 15.4. The number of aliphatic carboxylic acids is 1. The number of hydrogen-bond donors (Lipinski definition) is 2. The minimum absolute atomic E-state index is 0.343. The third-order valence-electron chi connectivity index (χ3n) is 8.94. The predicted molar refractivity (Wildman–Crippen MR) is 168 cm³/mol. The molecular formula is C34H48N2O4S. The van der Waals surface area contributed by atoms with Gasteiger partial charge in [-0.3, -0.25) is 9.69 Å². The van der Waals surface area contributed by atoms with Gasteiger partial charge in [-0.1, -0.05) is 62.9 Å². The first kappa shape index (κ1) is 31.6. The Labute approximate surface area is 250 Å². The molecule has 1 saturated heterocycles. The summed E-state index contributed by atoms with van der Waals surface area (Å²) in [6, 6.07) is 13.6. The number of hydrogen-bond acceptors (Lipinski definition) is 5. The molecular weight excluding hydrogens is 532 g/mol. The van der Waals surface area contributed by atoms with E-state index in [1.165, 1.54) is 44.9 Å². The number of likely N-dealkylation sites (tertiary alicyclic amines) is 1. The summed E-state index contributed by atoms with van der Waals surface area (Å²) in [5, 5.41) is 12.5. The molecule has 1 heterocycles. The lowest BCUT2D eigenvalue weighted by Crippen LogP contribution is -2.41. The molecule has 1 aliphatic carbocycles. The first-order valence-corrected chi connectivity index (χ1v) is 16.8. The number of rotatable bonds is 14. The van der Waals surface area contributed by atoms with Gasteiger partial charge in [0.1, 0.15) is 6.04 Å². The fourth-order valence-corrected chi connectivity index (χ4v) is 6.90. The van der Waals surface area contributed by atoms with E-state index in [1.54, 1.807) is 11.8 Å². The number of carbonyl (C=O) groups excluding carboxylic acids is 1. The van der Waals surface area contributed by atoms with Crippen molar-refractivity contribution in [3.8, 4) is 11.1 Å². The van der Waals surface area contributed by atoms with Crippen LogP contribution in [0.4, 0.5) is 0 Å². The Hall–Kier alpha value is -2.35. The van der Waals surface area contributed by atoms with Gasteiger partial charge in [0.25, 0.3) is 5.91 Å². The van der Waals surface area contributed by atoms with Gasteiger partial charge in [-0.05, 0) is 90.8 Å². The third kappa shape index (κ3) is 8.82. The van der Waals surface area contributed by atoms with Gasteiger partial charge in [-0.25, -0.2) is 4.79 Å². The Bertz CT molecular complexity index is 1150. The number of carboxylic acids is 1. The van der Waals surface area contributed by atoms with Crippen LogP contribution in [-0.2, 0) is 16.1 Å². The number of thioether (sulfide) groups is 1. The van der Waals surface area contributed by atoms with Crippen LogP contribution in [-0.4, -0.2) is 65.7 Å². The highest BCUT2D eigenvalue weighted by Crippen LogP contribution is 2.32. The Balaban J connectivity index is 1.53. The highest BCUT2D eigenvalue weighted by molar-refractivity contribution is 7.98. The van der Waals surface area contributed by atoms with Crippen molar-refractivity contribution < 1.29 is 19.4 Å². The molecule has 1 aliphatic heterocycles. The Morgan fingerprint density at radius 2 is 1.85 bits per heavy atom. The summed E-state index contributed by atoms with van der Waals surface area (Å²) in [6.07, 6.45) is 11.3. The van der Waals surface area contributed by atoms with Crippen LogP contribution in [0.3, 0.4) is 0 Å². The first-order chi connectivity index (χ1) is 19.9. The van der Waals surface area contributed by atoms with E-state index in [1.807, 2.05) is 49.6 Å². The summed E-state index contributed by atoms with van der Waals surface area (Å²) in [5.41, 5.74) is 4.60. The van der Waals surface area contributed by atoms with E-state index in [2.05, 4.69) is 23.2 Å². The molecule has 1 saturated carbocycles. The molecule has 41 heavy (non-hydrogen) atoms. The molecule has 2 aromatic carbocycles. The van der Waals surface area contributed by atoms with Crippen molar-refractivity contribution >= 4 is 23.6 Å². The zero-order valence-corrected chi connectivity index (χ0v) is 25.9. The molecule has 2 fully saturated rings. The summed E-state index contributed by atoms with van der Waals surface area (Å²) in [4.78, 5) is 27.9. The maximum absolute atomic E-state index is 13.5. The molecule has 2 aliphatic rings. The Morgan fingerprint density at radius 1 is 1.07 bits per heavy atom. The summed E-state index contributed by atoms with van der Waals surface area (Å²) in [5.74, 6) is 0.717. The van der Waals surface area contributed by atoms with Gasteiger partial charge in [-0.15, -0.1) is 0 Å². The molecule has 6 nitrogen and oxygen atoms in total. The van der Waals surface area contributed by atoms with E-state index in [-0.39, 0.29) is 5.91 Å². The van der Waals surface area contributed by atoms with Gasteiger partial charge in [-0.2, -0.15) is 11.8 Å². The highest BCUT2D eigenvalue weighted by atomic mass is 32.2. The van der Waals surface area contributed by atoms with Gasteiger partial charge in [0.05, 0.1) is 6.61 Å². The second-order valence-corrected chi connectivity index (χ2v) is 13.0. The van der Waals surface area contributed by atoms with Crippen molar-refractivity contribution in [3.63, 3.8) is 0 Å². The fraction of sp³-hybridized carbons (Fsp3) is 0.588. The molecule has 1 amide bonds. The molecule has 4 rings (SSSR count). The number of carbonyl (C=O) groups is 2.